The molecular weight excluding hydrogens is 317 g/mol. The van der Waals surface area contributed by atoms with Crippen molar-refractivity contribution in [3.63, 3.8) is 0 Å². The van der Waals surface area contributed by atoms with Crippen LogP contribution in [0.5, 0.6) is 5.75 Å². The molecule has 0 spiro atoms. The van der Waals surface area contributed by atoms with Crippen LogP contribution in [-0.2, 0) is 0 Å². The molecule has 2 rings (SSSR count). The van der Waals surface area contributed by atoms with E-state index >= 15 is 0 Å². The Labute approximate surface area is 118 Å². The third kappa shape index (κ3) is 3.03. The van der Waals surface area contributed by atoms with Gasteiger partial charge in [0.15, 0.2) is 0 Å². The standard InChI is InChI=1S/C13H13BrFNOS/c1-8(12-5-6-13(14)18-12)16-11-7-9(17-2)3-4-10(11)15/h3-8,16H,1-2H3. The maximum atomic E-state index is 13.7. The molecule has 1 heterocycles. The van der Waals surface area contributed by atoms with Crippen molar-refractivity contribution in [2.45, 2.75) is 13.0 Å². The predicted molar refractivity (Wildman–Crippen MR) is 77.0 cm³/mol. The van der Waals surface area contributed by atoms with Crippen molar-refractivity contribution in [2.24, 2.45) is 0 Å². The first kappa shape index (κ1) is 13.4. The van der Waals surface area contributed by atoms with Gasteiger partial charge >= 0.3 is 0 Å². The van der Waals surface area contributed by atoms with Gasteiger partial charge in [0.05, 0.1) is 22.6 Å². The number of rotatable bonds is 4. The van der Waals surface area contributed by atoms with Crippen molar-refractivity contribution >= 4 is 33.0 Å². The fourth-order valence-electron chi connectivity index (χ4n) is 1.61. The molecule has 18 heavy (non-hydrogen) atoms. The number of benzene rings is 1. The molecule has 96 valence electrons. The third-order valence-electron chi connectivity index (χ3n) is 2.57. The fraction of sp³-hybridized carbons (Fsp3) is 0.231. The van der Waals surface area contributed by atoms with E-state index in [1.165, 1.54) is 6.07 Å². The van der Waals surface area contributed by atoms with Crippen molar-refractivity contribution in [2.75, 3.05) is 12.4 Å². The average Bonchev–Trinajstić information content (AvgIpc) is 2.79. The molecule has 0 aliphatic heterocycles. The molecule has 0 amide bonds. The molecule has 2 aromatic rings. The van der Waals surface area contributed by atoms with Crippen LogP contribution in [0.4, 0.5) is 10.1 Å². The molecule has 0 saturated carbocycles. The maximum absolute atomic E-state index is 13.7. The van der Waals surface area contributed by atoms with E-state index in [0.29, 0.717) is 11.4 Å². The van der Waals surface area contributed by atoms with E-state index < -0.39 is 0 Å². The van der Waals surface area contributed by atoms with Crippen LogP contribution < -0.4 is 10.1 Å². The van der Waals surface area contributed by atoms with Gasteiger partial charge in [-0.3, -0.25) is 0 Å². The Kier molecular flexibility index (Phi) is 4.24. The zero-order chi connectivity index (χ0) is 13.1. The first-order chi connectivity index (χ1) is 8.60. The lowest BCUT2D eigenvalue weighted by atomic mass is 10.2. The first-order valence-electron chi connectivity index (χ1n) is 5.45. The van der Waals surface area contributed by atoms with Gasteiger partial charge in [-0.05, 0) is 47.1 Å². The van der Waals surface area contributed by atoms with Gasteiger partial charge in [0.2, 0.25) is 0 Å². The molecular formula is C13H13BrFNOS. The molecule has 0 aliphatic rings. The van der Waals surface area contributed by atoms with E-state index in [2.05, 4.69) is 21.2 Å². The summed E-state index contributed by atoms with van der Waals surface area (Å²) in [6.45, 7) is 2.00. The minimum absolute atomic E-state index is 0.0444. The SMILES string of the molecule is COc1ccc(F)c(NC(C)c2ccc(Br)s2)c1. The molecule has 0 radical (unpaired) electrons. The maximum Gasteiger partial charge on any atom is 0.146 e. The van der Waals surface area contributed by atoms with Crippen molar-refractivity contribution in [1.29, 1.82) is 0 Å². The van der Waals surface area contributed by atoms with Gasteiger partial charge in [0, 0.05) is 10.9 Å². The summed E-state index contributed by atoms with van der Waals surface area (Å²) in [6.07, 6.45) is 0. The average molecular weight is 330 g/mol. The second kappa shape index (κ2) is 5.71. The number of nitrogens with one attached hydrogen (secondary N) is 1. The monoisotopic (exact) mass is 329 g/mol. The zero-order valence-electron chi connectivity index (χ0n) is 10.0. The molecule has 1 unspecified atom stereocenters. The van der Waals surface area contributed by atoms with Gasteiger partial charge in [-0.25, -0.2) is 4.39 Å². The Morgan fingerprint density at radius 2 is 2.11 bits per heavy atom. The smallest absolute Gasteiger partial charge is 0.146 e. The van der Waals surface area contributed by atoms with Gasteiger partial charge in [-0.15, -0.1) is 11.3 Å². The second-order valence-corrected chi connectivity index (χ2v) is 6.35. The fourth-order valence-corrected chi connectivity index (χ4v) is 3.03. The minimum Gasteiger partial charge on any atom is -0.497 e. The van der Waals surface area contributed by atoms with E-state index in [-0.39, 0.29) is 11.9 Å². The van der Waals surface area contributed by atoms with E-state index in [1.54, 1.807) is 30.6 Å². The second-order valence-electron chi connectivity index (χ2n) is 3.85. The largest absolute Gasteiger partial charge is 0.497 e. The van der Waals surface area contributed by atoms with Gasteiger partial charge in [0.25, 0.3) is 0 Å². The molecule has 5 heteroatoms. The molecule has 0 saturated heterocycles. The number of ether oxygens (including phenoxy) is 1. The quantitative estimate of drug-likeness (QED) is 0.867. The van der Waals surface area contributed by atoms with Crippen LogP contribution in [0.1, 0.15) is 17.8 Å². The van der Waals surface area contributed by atoms with Gasteiger partial charge in [-0.2, -0.15) is 0 Å². The Morgan fingerprint density at radius 3 is 2.72 bits per heavy atom. The lowest BCUT2D eigenvalue weighted by Crippen LogP contribution is -2.06. The predicted octanol–water partition coefficient (Wildman–Crippen LogP) is 4.83. The molecule has 0 bridgehead atoms. The lowest BCUT2D eigenvalue weighted by Gasteiger charge is -2.15. The normalized spacial score (nSPS) is 12.2. The van der Waals surface area contributed by atoms with Crippen LogP contribution in [0.25, 0.3) is 0 Å². The molecule has 1 atom stereocenters. The number of halogens is 2. The van der Waals surface area contributed by atoms with Crippen molar-refractivity contribution < 1.29 is 9.13 Å². The van der Waals surface area contributed by atoms with Crippen LogP contribution in [0, 0.1) is 5.82 Å². The van der Waals surface area contributed by atoms with Gasteiger partial charge in [-0.1, -0.05) is 0 Å². The summed E-state index contributed by atoms with van der Waals surface area (Å²) < 4.78 is 19.8. The van der Waals surface area contributed by atoms with E-state index in [9.17, 15) is 4.39 Å². The molecule has 2 nitrogen and oxygen atoms in total. The highest BCUT2D eigenvalue weighted by atomic mass is 79.9. The van der Waals surface area contributed by atoms with Crippen LogP contribution >= 0.6 is 27.3 Å². The van der Waals surface area contributed by atoms with Crippen LogP contribution in [0.3, 0.4) is 0 Å². The molecule has 1 aromatic heterocycles. The van der Waals surface area contributed by atoms with Crippen molar-refractivity contribution in [3.05, 3.63) is 44.8 Å². The number of hydrogen-bond acceptors (Lipinski definition) is 3. The van der Waals surface area contributed by atoms with E-state index in [0.717, 1.165) is 8.66 Å². The number of methoxy groups -OCH3 is 1. The van der Waals surface area contributed by atoms with Crippen LogP contribution in [0.2, 0.25) is 0 Å². The summed E-state index contributed by atoms with van der Waals surface area (Å²) in [6, 6.07) is 8.72. The lowest BCUT2D eigenvalue weighted by molar-refractivity contribution is 0.414. The third-order valence-corrected chi connectivity index (χ3v) is 4.37. The summed E-state index contributed by atoms with van der Waals surface area (Å²) in [7, 11) is 1.57. The summed E-state index contributed by atoms with van der Waals surface area (Å²) in [5.74, 6) is 0.358. The Bertz CT molecular complexity index is 544. The molecule has 0 fully saturated rings. The summed E-state index contributed by atoms with van der Waals surface area (Å²) >= 11 is 5.05. The molecule has 1 N–H and O–H groups in total. The summed E-state index contributed by atoms with van der Waals surface area (Å²) in [5.41, 5.74) is 0.450. The Hall–Kier alpha value is -1.07. The summed E-state index contributed by atoms with van der Waals surface area (Å²) in [5, 5.41) is 3.15. The minimum atomic E-state index is -0.279. The Balaban J connectivity index is 2.18. The Morgan fingerprint density at radius 1 is 1.33 bits per heavy atom. The van der Waals surface area contributed by atoms with E-state index in [1.807, 2.05) is 19.1 Å². The summed E-state index contributed by atoms with van der Waals surface area (Å²) in [4.78, 5) is 1.14. The van der Waals surface area contributed by atoms with Crippen molar-refractivity contribution in [3.8, 4) is 5.75 Å². The highest BCUT2D eigenvalue weighted by Gasteiger charge is 2.11. The highest BCUT2D eigenvalue weighted by molar-refractivity contribution is 9.11. The number of hydrogen-bond donors (Lipinski definition) is 1. The van der Waals surface area contributed by atoms with Gasteiger partial charge < -0.3 is 10.1 Å². The van der Waals surface area contributed by atoms with Gasteiger partial charge in [0.1, 0.15) is 11.6 Å². The van der Waals surface area contributed by atoms with Crippen LogP contribution in [0.15, 0.2) is 34.1 Å². The van der Waals surface area contributed by atoms with E-state index in [4.69, 9.17) is 4.74 Å². The number of anilines is 1. The first-order valence-corrected chi connectivity index (χ1v) is 7.06. The molecule has 1 aromatic carbocycles. The van der Waals surface area contributed by atoms with Crippen LogP contribution in [-0.4, -0.2) is 7.11 Å². The molecule has 0 aliphatic carbocycles. The highest BCUT2D eigenvalue weighted by Crippen LogP contribution is 2.31. The number of thiophene rings is 1. The van der Waals surface area contributed by atoms with Crippen molar-refractivity contribution in [1.82, 2.24) is 0 Å². The zero-order valence-corrected chi connectivity index (χ0v) is 12.4. The topological polar surface area (TPSA) is 21.3 Å².